The van der Waals surface area contributed by atoms with E-state index in [4.69, 9.17) is 0 Å². The van der Waals surface area contributed by atoms with E-state index in [-0.39, 0.29) is 5.91 Å². The second-order valence-corrected chi connectivity index (χ2v) is 7.12. The summed E-state index contributed by atoms with van der Waals surface area (Å²) in [7, 11) is 7.53. The van der Waals surface area contributed by atoms with Gasteiger partial charge in [0.05, 0.1) is 0 Å². The Bertz CT molecular complexity index is 799. The molecule has 2 aromatic carbocycles. The van der Waals surface area contributed by atoms with E-state index in [9.17, 15) is 4.79 Å². The van der Waals surface area contributed by atoms with Crippen molar-refractivity contribution in [3.63, 3.8) is 0 Å². The number of nitrogens with zero attached hydrogens (tertiary/aromatic N) is 2. The van der Waals surface area contributed by atoms with Crippen molar-refractivity contribution in [2.45, 2.75) is 19.3 Å². The van der Waals surface area contributed by atoms with Gasteiger partial charge in [0.15, 0.2) is 5.96 Å². The fourth-order valence-corrected chi connectivity index (χ4v) is 3.02. The molecule has 0 fully saturated rings. The zero-order valence-corrected chi connectivity index (χ0v) is 18.0. The largest absolute Gasteiger partial charge is 0.378 e. The summed E-state index contributed by atoms with van der Waals surface area (Å²) in [5, 5.41) is 9.35. The smallest absolute Gasteiger partial charge is 0.251 e. The van der Waals surface area contributed by atoms with Gasteiger partial charge in [-0.05, 0) is 54.7 Å². The van der Waals surface area contributed by atoms with Gasteiger partial charge in [-0.15, -0.1) is 0 Å². The normalized spacial score (nSPS) is 11.1. The van der Waals surface area contributed by atoms with Crippen molar-refractivity contribution in [1.29, 1.82) is 0 Å². The highest BCUT2D eigenvalue weighted by Crippen LogP contribution is 2.13. The Labute approximate surface area is 174 Å². The van der Waals surface area contributed by atoms with Crippen LogP contribution < -0.4 is 20.9 Å². The maximum absolute atomic E-state index is 11.7. The van der Waals surface area contributed by atoms with Crippen LogP contribution in [0.2, 0.25) is 0 Å². The van der Waals surface area contributed by atoms with E-state index >= 15 is 0 Å². The second kappa shape index (κ2) is 11.7. The quantitative estimate of drug-likeness (QED) is 0.347. The maximum atomic E-state index is 11.7. The standard InChI is InChI=1S/C23H33N5O/c1-24-22(29)20-9-5-7-19(17-20)14-16-27-23(25-2)26-15-6-8-18-10-12-21(13-11-18)28(3)4/h5,7,9-13,17H,6,8,14-16H2,1-4H3,(H,24,29)(H2,25,26,27). The van der Waals surface area contributed by atoms with Crippen LogP contribution in [0.1, 0.15) is 27.9 Å². The van der Waals surface area contributed by atoms with Gasteiger partial charge in [-0.25, -0.2) is 0 Å². The fourth-order valence-electron chi connectivity index (χ4n) is 3.02. The summed E-state index contributed by atoms with van der Waals surface area (Å²) in [6.07, 6.45) is 2.89. The number of hydrogen-bond acceptors (Lipinski definition) is 3. The molecule has 0 aliphatic heterocycles. The molecule has 6 heteroatoms. The van der Waals surface area contributed by atoms with Crippen molar-refractivity contribution in [2.24, 2.45) is 4.99 Å². The molecule has 0 atom stereocenters. The van der Waals surface area contributed by atoms with Gasteiger partial charge in [0.2, 0.25) is 0 Å². The van der Waals surface area contributed by atoms with Crippen LogP contribution in [0.4, 0.5) is 5.69 Å². The monoisotopic (exact) mass is 395 g/mol. The highest BCUT2D eigenvalue weighted by Gasteiger charge is 2.04. The Morgan fingerprint density at radius 1 is 0.966 bits per heavy atom. The third-order valence-corrected chi connectivity index (χ3v) is 4.73. The number of amides is 1. The lowest BCUT2D eigenvalue weighted by molar-refractivity contribution is 0.0963. The molecule has 0 aliphatic rings. The van der Waals surface area contributed by atoms with Crippen molar-refractivity contribution in [2.75, 3.05) is 46.2 Å². The molecule has 0 saturated carbocycles. The Hall–Kier alpha value is -3.02. The number of aliphatic imine (C=N–C) groups is 1. The first-order valence-electron chi connectivity index (χ1n) is 10.0. The molecule has 0 radical (unpaired) electrons. The Kier molecular flexibility index (Phi) is 9.02. The predicted molar refractivity (Wildman–Crippen MR) is 122 cm³/mol. The first-order chi connectivity index (χ1) is 14.0. The first-order valence-corrected chi connectivity index (χ1v) is 10.0. The van der Waals surface area contributed by atoms with Crippen LogP contribution >= 0.6 is 0 Å². The molecule has 0 aromatic heterocycles. The van der Waals surface area contributed by atoms with E-state index in [1.807, 2.05) is 24.3 Å². The fraction of sp³-hybridized carbons (Fsp3) is 0.391. The first kappa shape index (κ1) is 22.3. The lowest BCUT2D eigenvalue weighted by Crippen LogP contribution is -2.38. The van der Waals surface area contributed by atoms with Crippen LogP contribution in [0, 0.1) is 0 Å². The van der Waals surface area contributed by atoms with Crippen molar-refractivity contribution in [1.82, 2.24) is 16.0 Å². The highest BCUT2D eigenvalue weighted by molar-refractivity contribution is 5.94. The molecule has 156 valence electrons. The van der Waals surface area contributed by atoms with Crippen molar-refractivity contribution >= 4 is 17.6 Å². The van der Waals surface area contributed by atoms with Gasteiger partial charge >= 0.3 is 0 Å². The summed E-state index contributed by atoms with van der Waals surface area (Å²) in [5.41, 5.74) is 4.37. The minimum Gasteiger partial charge on any atom is -0.378 e. The molecule has 0 saturated heterocycles. The van der Waals surface area contributed by atoms with E-state index in [1.54, 1.807) is 14.1 Å². The second-order valence-electron chi connectivity index (χ2n) is 7.12. The van der Waals surface area contributed by atoms with E-state index in [2.05, 4.69) is 64.2 Å². The Balaban J connectivity index is 1.69. The number of guanidine groups is 1. The van der Waals surface area contributed by atoms with Gasteiger partial charge in [0.25, 0.3) is 5.91 Å². The van der Waals surface area contributed by atoms with Crippen LogP contribution in [0.15, 0.2) is 53.5 Å². The molecule has 6 nitrogen and oxygen atoms in total. The van der Waals surface area contributed by atoms with E-state index in [0.717, 1.165) is 43.9 Å². The van der Waals surface area contributed by atoms with E-state index in [0.29, 0.717) is 5.56 Å². The van der Waals surface area contributed by atoms with Gasteiger partial charge in [0.1, 0.15) is 0 Å². The third kappa shape index (κ3) is 7.49. The SMILES string of the molecule is CN=C(NCCCc1ccc(N(C)C)cc1)NCCc1cccc(C(=O)NC)c1. The highest BCUT2D eigenvalue weighted by atomic mass is 16.1. The average molecular weight is 396 g/mol. The number of aryl methyl sites for hydroxylation is 1. The maximum Gasteiger partial charge on any atom is 0.251 e. The van der Waals surface area contributed by atoms with Gasteiger partial charge in [-0.2, -0.15) is 0 Å². The molecule has 29 heavy (non-hydrogen) atoms. The van der Waals surface area contributed by atoms with Gasteiger partial charge in [-0.1, -0.05) is 24.3 Å². The minimum absolute atomic E-state index is 0.0614. The molecule has 2 rings (SSSR count). The summed E-state index contributed by atoms with van der Waals surface area (Å²) in [6, 6.07) is 16.4. The summed E-state index contributed by atoms with van der Waals surface area (Å²) in [6.45, 7) is 1.62. The molecule has 0 heterocycles. The number of hydrogen-bond donors (Lipinski definition) is 3. The molecular formula is C23H33N5O. The molecule has 2 aromatic rings. The van der Waals surface area contributed by atoms with Crippen molar-refractivity contribution in [3.05, 3.63) is 65.2 Å². The predicted octanol–water partition coefficient (Wildman–Crippen LogP) is 2.45. The van der Waals surface area contributed by atoms with Crippen LogP contribution in [-0.2, 0) is 12.8 Å². The molecule has 0 unspecified atom stereocenters. The molecule has 3 N–H and O–H groups in total. The molecule has 0 aliphatic carbocycles. The number of nitrogens with one attached hydrogen (secondary N) is 3. The zero-order chi connectivity index (χ0) is 21.1. The number of anilines is 1. The molecule has 0 spiro atoms. The lowest BCUT2D eigenvalue weighted by Gasteiger charge is -2.13. The van der Waals surface area contributed by atoms with Crippen LogP contribution in [-0.4, -0.2) is 53.1 Å². The number of carbonyl (C=O) groups is 1. The van der Waals surface area contributed by atoms with Gasteiger partial charge in [0, 0.05) is 52.5 Å². The molecular weight excluding hydrogens is 362 g/mol. The summed E-state index contributed by atoms with van der Waals surface area (Å²) >= 11 is 0. The van der Waals surface area contributed by atoms with Crippen LogP contribution in [0.25, 0.3) is 0 Å². The third-order valence-electron chi connectivity index (χ3n) is 4.73. The number of benzene rings is 2. The molecule has 0 bridgehead atoms. The summed E-state index contributed by atoms with van der Waals surface area (Å²) in [5.74, 6) is 0.740. The van der Waals surface area contributed by atoms with Crippen molar-refractivity contribution < 1.29 is 4.79 Å². The van der Waals surface area contributed by atoms with Crippen LogP contribution in [0.3, 0.4) is 0 Å². The lowest BCUT2D eigenvalue weighted by atomic mass is 10.1. The summed E-state index contributed by atoms with van der Waals surface area (Å²) in [4.78, 5) is 18.1. The average Bonchev–Trinajstić information content (AvgIpc) is 2.75. The van der Waals surface area contributed by atoms with Gasteiger partial charge in [-0.3, -0.25) is 9.79 Å². The van der Waals surface area contributed by atoms with E-state index in [1.165, 1.54) is 11.3 Å². The van der Waals surface area contributed by atoms with Gasteiger partial charge < -0.3 is 20.9 Å². The minimum atomic E-state index is -0.0614. The van der Waals surface area contributed by atoms with E-state index < -0.39 is 0 Å². The number of rotatable bonds is 9. The molecule has 1 amide bonds. The van der Waals surface area contributed by atoms with Crippen LogP contribution in [0.5, 0.6) is 0 Å². The number of carbonyl (C=O) groups excluding carboxylic acids is 1. The van der Waals surface area contributed by atoms with Crippen molar-refractivity contribution in [3.8, 4) is 0 Å². The topological polar surface area (TPSA) is 68.8 Å². The Morgan fingerprint density at radius 2 is 1.69 bits per heavy atom. The zero-order valence-electron chi connectivity index (χ0n) is 18.0. The Morgan fingerprint density at radius 3 is 2.34 bits per heavy atom. The summed E-state index contributed by atoms with van der Waals surface area (Å²) < 4.78 is 0.